The fraction of sp³-hybridized carbons (Fsp3) is 0.923. The third kappa shape index (κ3) is 5.08. The number of rotatable bonds is 7. The van der Waals surface area contributed by atoms with Gasteiger partial charge >= 0.3 is 0 Å². The summed E-state index contributed by atoms with van der Waals surface area (Å²) in [7, 11) is 0. The van der Waals surface area contributed by atoms with Crippen LogP contribution >= 0.6 is 0 Å². The zero-order valence-electron chi connectivity index (χ0n) is 11.4. The Morgan fingerprint density at radius 2 is 1.75 bits per heavy atom. The number of carbonyl (C=O) groups is 1. The number of aliphatic hydroxyl groups is 1. The Labute approximate surface area is 99.8 Å². The summed E-state index contributed by atoms with van der Waals surface area (Å²) in [5, 5.41) is 9.04. The molecule has 0 rings (SSSR count). The van der Waals surface area contributed by atoms with Crippen LogP contribution in [0.15, 0.2) is 0 Å². The predicted octanol–water partition coefficient (Wildman–Crippen LogP) is 2.08. The number of ketones is 1. The van der Waals surface area contributed by atoms with Crippen LogP contribution in [0.4, 0.5) is 0 Å². The van der Waals surface area contributed by atoms with Gasteiger partial charge in [-0.3, -0.25) is 9.69 Å². The fourth-order valence-corrected chi connectivity index (χ4v) is 1.75. The van der Waals surface area contributed by atoms with Crippen LogP contribution in [-0.2, 0) is 4.79 Å². The molecule has 0 aliphatic rings. The van der Waals surface area contributed by atoms with E-state index in [4.69, 9.17) is 5.11 Å². The quantitative estimate of drug-likeness (QED) is 0.726. The Balaban J connectivity index is 4.49. The Morgan fingerprint density at radius 3 is 2.06 bits per heavy atom. The van der Waals surface area contributed by atoms with E-state index in [0.29, 0.717) is 19.1 Å². The Hall–Kier alpha value is -0.410. The Morgan fingerprint density at radius 1 is 1.25 bits per heavy atom. The van der Waals surface area contributed by atoms with Crippen molar-refractivity contribution < 1.29 is 9.90 Å². The molecule has 16 heavy (non-hydrogen) atoms. The molecule has 1 N–H and O–H groups in total. The molecule has 0 saturated carbocycles. The van der Waals surface area contributed by atoms with Crippen LogP contribution in [0.25, 0.3) is 0 Å². The number of hydrogen-bond acceptors (Lipinski definition) is 3. The lowest BCUT2D eigenvalue weighted by Crippen LogP contribution is -2.43. The highest BCUT2D eigenvalue weighted by molar-refractivity contribution is 5.85. The van der Waals surface area contributed by atoms with Crippen LogP contribution in [0.1, 0.15) is 47.5 Å². The van der Waals surface area contributed by atoms with Crippen LogP contribution in [0.3, 0.4) is 0 Å². The van der Waals surface area contributed by atoms with E-state index in [1.807, 2.05) is 20.8 Å². The van der Waals surface area contributed by atoms with Crippen molar-refractivity contribution in [3.8, 4) is 0 Å². The summed E-state index contributed by atoms with van der Waals surface area (Å²) in [5.74, 6) is 0.243. The van der Waals surface area contributed by atoms with E-state index < -0.39 is 0 Å². The minimum Gasteiger partial charge on any atom is -0.395 e. The minimum atomic E-state index is -0.292. The van der Waals surface area contributed by atoms with Gasteiger partial charge in [0, 0.05) is 18.0 Å². The highest BCUT2D eigenvalue weighted by atomic mass is 16.3. The molecule has 0 aromatic carbocycles. The Kier molecular flexibility index (Phi) is 6.84. The molecule has 0 aliphatic carbocycles. The second-order valence-electron chi connectivity index (χ2n) is 5.34. The van der Waals surface area contributed by atoms with Gasteiger partial charge < -0.3 is 5.11 Å². The molecule has 0 spiro atoms. The van der Waals surface area contributed by atoms with E-state index in [0.717, 1.165) is 12.8 Å². The summed E-state index contributed by atoms with van der Waals surface area (Å²) in [5.41, 5.74) is -0.292. The summed E-state index contributed by atoms with van der Waals surface area (Å²) >= 11 is 0. The van der Waals surface area contributed by atoms with E-state index >= 15 is 0 Å². The van der Waals surface area contributed by atoms with E-state index in [-0.39, 0.29) is 17.8 Å². The van der Waals surface area contributed by atoms with E-state index in [1.54, 1.807) is 0 Å². The smallest absolute Gasteiger partial charge is 0.152 e. The number of Topliss-reactive ketones (excluding diaryl/α,β-unsaturated/α-hetero) is 1. The van der Waals surface area contributed by atoms with Crippen LogP contribution in [0, 0.1) is 5.41 Å². The van der Waals surface area contributed by atoms with Crippen molar-refractivity contribution in [3.05, 3.63) is 0 Å². The highest BCUT2D eigenvalue weighted by Crippen LogP contribution is 2.17. The molecular formula is C13H27NO2. The lowest BCUT2D eigenvalue weighted by molar-refractivity contribution is -0.128. The highest BCUT2D eigenvalue weighted by Gasteiger charge is 2.25. The van der Waals surface area contributed by atoms with Crippen molar-refractivity contribution in [3.63, 3.8) is 0 Å². The third-order valence-corrected chi connectivity index (χ3v) is 3.03. The molecule has 0 unspecified atom stereocenters. The monoisotopic (exact) mass is 229 g/mol. The van der Waals surface area contributed by atoms with Crippen molar-refractivity contribution in [2.75, 3.05) is 19.7 Å². The standard InChI is InChI=1S/C13H27NO2/c1-6-11(7-2)14(8-9-15)10-12(16)13(3,4)5/h11,15H,6-10H2,1-5H3. The average molecular weight is 229 g/mol. The number of nitrogens with zero attached hydrogens (tertiary/aromatic N) is 1. The van der Waals surface area contributed by atoms with Gasteiger partial charge in [-0.1, -0.05) is 34.6 Å². The molecule has 0 heterocycles. The van der Waals surface area contributed by atoms with Gasteiger partial charge in [0.1, 0.15) is 0 Å². The van der Waals surface area contributed by atoms with Crippen molar-refractivity contribution in [1.29, 1.82) is 0 Å². The van der Waals surface area contributed by atoms with Gasteiger partial charge in [0.15, 0.2) is 5.78 Å². The molecule has 0 amide bonds. The number of hydrogen-bond donors (Lipinski definition) is 1. The zero-order chi connectivity index (χ0) is 12.8. The maximum absolute atomic E-state index is 12.0. The van der Waals surface area contributed by atoms with E-state index in [2.05, 4.69) is 18.7 Å². The number of aliphatic hydroxyl groups excluding tert-OH is 1. The second kappa shape index (κ2) is 7.02. The van der Waals surface area contributed by atoms with Crippen molar-refractivity contribution in [1.82, 2.24) is 4.90 Å². The van der Waals surface area contributed by atoms with Crippen molar-refractivity contribution in [2.45, 2.75) is 53.5 Å². The second-order valence-corrected chi connectivity index (χ2v) is 5.34. The summed E-state index contributed by atoms with van der Waals surface area (Å²) in [6.45, 7) is 11.2. The molecular weight excluding hydrogens is 202 g/mol. The molecule has 3 heteroatoms. The summed E-state index contributed by atoms with van der Waals surface area (Å²) in [6, 6.07) is 0.401. The van der Waals surface area contributed by atoms with Gasteiger partial charge in [0.25, 0.3) is 0 Å². The topological polar surface area (TPSA) is 40.5 Å². The van der Waals surface area contributed by atoms with E-state index in [1.165, 1.54) is 0 Å². The lowest BCUT2D eigenvalue weighted by atomic mass is 9.90. The molecule has 0 saturated heterocycles. The van der Waals surface area contributed by atoms with Crippen LogP contribution < -0.4 is 0 Å². The van der Waals surface area contributed by atoms with Crippen molar-refractivity contribution >= 4 is 5.78 Å². The van der Waals surface area contributed by atoms with Crippen molar-refractivity contribution in [2.24, 2.45) is 5.41 Å². The molecule has 96 valence electrons. The molecule has 0 aromatic rings. The average Bonchev–Trinajstić information content (AvgIpc) is 2.18. The van der Waals surface area contributed by atoms with E-state index in [9.17, 15) is 4.79 Å². The van der Waals surface area contributed by atoms with Gasteiger partial charge in [0.2, 0.25) is 0 Å². The predicted molar refractivity (Wildman–Crippen MR) is 67.5 cm³/mol. The number of carbonyl (C=O) groups excluding carboxylic acids is 1. The Bertz CT molecular complexity index is 204. The maximum Gasteiger partial charge on any atom is 0.152 e. The van der Waals surface area contributed by atoms with Crippen LogP contribution in [0.2, 0.25) is 0 Å². The normalized spacial score (nSPS) is 12.5. The van der Waals surface area contributed by atoms with Gasteiger partial charge in [-0.25, -0.2) is 0 Å². The van der Waals surface area contributed by atoms with Gasteiger partial charge in [-0.2, -0.15) is 0 Å². The molecule has 0 fully saturated rings. The van der Waals surface area contributed by atoms with Gasteiger partial charge in [-0.05, 0) is 12.8 Å². The maximum atomic E-state index is 12.0. The SMILES string of the molecule is CCC(CC)N(CCO)CC(=O)C(C)(C)C. The first-order valence-corrected chi connectivity index (χ1v) is 6.25. The largest absolute Gasteiger partial charge is 0.395 e. The molecule has 0 aromatic heterocycles. The molecule has 0 bridgehead atoms. The first-order chi connectivity index (χ1) is 7.36. The summed E-state index contributed by atoms with van der Waals surface area (Å²) in [4.78, 5) is 14.1. The summed E-state index contributed by atoms with van der Waals surface area (Å²) in [6.07, 6.45) is 2.04. The van der Waals surface area contributed by atoms with Crippen LogP contribution in [0.5, 0.6) is 0 Å². The molecule has 0 atom stereocenters. The lowest BCUT2D eigenvalue weighted by Gasteiger charge is -2.31. The summed E-state index contributed by atoms with van der Waals surface area (Å²) < 4.78 is 0. The van der Waals surface area contributed by atoms with Gasteiger partial charge in [-0.15, -0.1) is 0 Å². The first-order valence-electron chi connectivity index (χ1n) is 6.25. The zero-order valence-corrected chi connectivity index (χ0v) is 11.4. The molecule has 0 aliphatic heterocycles. The van der Waals surface area contributed by atoms with Gasteiger partial charge in [0.05, 0.1) is 13.2 Å². The first kappa shape index (κ1) is 15.6. The minimum absolute atomic E-state index is 0.119. The van der Waals surface area contributed by atoms with Crippen LogP contribution in [-0.4, -0.2) is 41.5 Å². The molecule has 3 nitrogen and oxygen atoms in total. The fourth-order valence-electron chi connectivity index (χ4n) is 1.75. The molecule has 0 radical (unpaired) electrons. The third-order valence-electron chi connectivity index (χ3n) is 3.03.